The average Bonchev–Trinajstić information content (AvgIpc) is 3.37. The number of nitrogen functional groups attached to an aromatic ring is 1. The number of ether oxygens (including phenoxy) is 1. The number of carbonyl (C=O) groups is 1. The van der Waals surface area contributed by atoms with E-state index in [4.69, 9.17) is 33.7 Å². The zero-order valence-electron chi connectivity index (χ0n) is 19.9. The second-order valence-electron chi connectivity index (χ2n) is 8.63. The summed E-state index contributed by atoms with van der Waals surface area (Å²) in [5, 5.41) is 5.92. The number of aromatic nitrogens is 1. The highest BCUT2D eigenvalue weighted by molar-refractivity contribution is 6.36. The highest BCUT2D eigenvalue weighted by atomic mass is 35.5. The molecule has 7 nitrogen and oxygen atoms in total. The molecule has 1 fully saturated rings. The maximum absolute atomic E-state index is 13.9. The van der Waals surface area contributed by atoms with Gasteiger partial charge in [-0.2, -0.15) is 0 Å². The number of nitrogens with two attached hydrogens (primary N) is 1. The molecule has 36 heavy (non-hydrogen) atoms. The van der Waals surface area contributed by atoms with E-state index >= 15 is 0 Å². The summed E-state index contributed by atoms with van der Waals surface area (Å²) in [4.78, 5) is 18.8. The normalized spacial score (nSPS) is 14.4. The number of urea groups is 1. The number of carbonyl (C=O) groups excluding carboxylic acids is 1. The molecule has 10 heteroatoms. The number of amides is 2. The number of nitrogens with zero attached hydrogens (tertiary/aromatic N) is 2. The number of rotatable bonds is 8. The lowest BCUT2D eigenvalue weighted by molar-refractivity contribution is 0.227. The zero-order valence-corrected chi connectivity index (χ0v) is 21.4. The van der Waals surface area contributed by atoms with Crippen LogP contribution in [0.25, 0.3) is 11.1 Å². The second-order valence-corrected chi connectivity index (χ2v) is 9.42. The van der Waals surface area contributed by atoms with Crippen LogP contribution in [0.3, 0.4) is 0 Å². The molecule has 0 bridgehead atoms. The molecular formula is C26H28Cl2FN5O2. The summed E-state index contributed by atoms with van der Waals surface area (Å²) in [6.07, 6.45) is 3.41. The highest BCUT2D eigenvalue weighted by Gasteiger charge is 2.20. The smallest absolute Gasteiger partial charge is 0.319 e. The van der Waals surface area contributed by atoms with Crippen LogP contribution >= 0.6 is 23.2 Å². The molecule has 2 heterocycles. The minimum absolute atomic E-state index is 0.0964. The molecular weight excluding hydrogens is 504 g/mol. The molecule has 0 saturated carbocycles. The third-order valence-corrected chi connectivity index (χ3v) is 6.77. The average molecular weight is 532 g/mol. The number of benzene rings is 2. The van der Waals surface area contributed by atoms with Gasteiger partial charge in [0, 0.05) is 41.1 Å². The molecule has 2 aromatic carbocycles. The molecule has 1 unspecified atom stereocenters. The Morgan fingerprint density at radius 1 is 1.17 bits per heavy atom. The van der Waals surface area contributed by atoms with Crippen molar-refractivity contribution in [2.24, 2.45) is 0 Å². The van der Waals surface area contributed by atoms with E-state index in [1.807, 2.05) is 12.1 Å². The van der Waals surface area contributed by atoms with E-state index in [9.17, 15) is 9.18 Å². The number of pyridine rings is 1. The van der Waals surface area contributed by atoms with Gasteiger partial charge in [-0.15, -0.1) is 0 Å². The summed E-state index contributed by atoms with van der Waals surface area (Å²) in [6.45, 7) is 5.37. The number of anilines is 2. The van der Waals surface area contributed by atoms with E-state index in [0.29, 0.717) is 28.6 Å². The van der Waals surface area contributed by atoms with Crippen LogP contribution in [-0.2, 0) is 0 Å². The van der Waals surface area contributed by atoms with Gasteiger partial charge >= 0.3 is 6.03 Å². The summed E-state index contributed by atoms with van der Waals surface area (Å²) in [6, 6.07) is 11.5. The molecule has 4 rings (SSSR count). The quantitative estimate of drug-likeness (QED) is 0.304. The van der Waals surface area contributed by atoms with Gasteiger partial charge in [0.25, 0.3) is 0 Å². The van der Waals surface area contributed by atoms with Crippen LogP contribution < -0.4 is 21.1 Å². The molecule has 2 amide bonds. The van der Waals surface area contributed by atoms with E-state index in [0.717, 1.165) is 30.8 Å². The zero-order chi connectivity index (χ0) is 25.7. The lowest BCUT2D eigenvalue weighted by atomic mass is 10.1. The Morgan fingerprint density at radius 2 is 1.89 bits per heavy atom. The maximum atomic E-state index is 13.9. The van der Waals surface area contributed by atoms with Crippen molar-refractivity contribution in [2.75, 3.05) is 37.2 Å². The molecule has 1 aromatic heterocycles. The van der Waals surface area contributed by atoms with Crippen LogP contribution in [0, 0.1) is 5.82 Å². The Morgan fingerprint density at radius 3 is 2.61 bits per heavy atom. The minimum Gasteiger partial charge on any atom is -0.482 e. The summed E-state index contributed by atoms with van der Waals surface area (Å²) in [5.74, 6) is -0.0885. The van der Waals surface area contributed by atoms with Gasteiger partial charge in [0.2, 0.25) is 0 Å². The Balaban J connectivity index is 1.39. The Hall–Kier alpha value is -3.07. The van der Waals surface area contributed by atoms with Gasteiger partial charge in [0.1, 0.15) is 11.9 Å². The number of hydrogen-bond donors (Lipinski definition) is 3. The Labute approximate surface area is 219 Å². The van der Waals surface area contributed by atoms with Gasteiger partial charge in [-0.25, -0.2) is 14.2 Å². The van der Waals surface area contributed by atoms with Gasteiger partial charge in [0.05, 0.1) is 5.02 Å². The van der Waals surface area contributed by atoms with Crippen LogP contribution in [0.5, 0.6) is 5.75 Å². The predicted octanol–water partition coefficient (Wildman–Crippen LogP) is 6.13. The van der Waals surface area contributed by atoms with Crippen molar-refractivity contribution < 1.29 is 13.9 Å². The monoisotopic (exact) mass is 531 g/mol. The molecule has 0 aliphatic carbocycles. The van der Waals surface area contributed by atoms with E-state index in [-0.39, 0.29) is 16.9 Å². The first-order valence-electron chi connectivity index (χ1n) is 11.7. The molecule has 3 aromatic rings. The first-order chi connectivity index (χ1) is 17.3. The standard InChI is InChI=1S/C26H28Cl2FN5O2/c1-16(23-20(27)8-9-21(29)24(23)28)36-22-14-18(15-32-25(22)30)17-4-6-19(7-5-17)33-26(35)31-10-13-34-11-2-3-12-34/h4-9,14-16H,2-3,10-13H2,1H3,(H2,30,32)(H2,31,33,35). The van der Waals surface area contributed by atoms with Crippen molar-refractivity contribution in [3.05, 3.63) is 70.1 Å². The van der Waals surface area contributed by atoms with Crippen molar-refractivity contribution in [3.63, 3.8) is 0 Å². The molecule has 4 N–H and O–H groups in total. The third kappa shape index (κ3) is 6.37. The summed E-state index contributed by atoms with van der Waals surface area (Å²) in [5.41, 5.74) is 8.63. The maximum Gasteiger partial charge on any atom is 0.319 e. The fourth-order valence-corrected chi connectivity index (χ4v) is 4.81. The van der Waals surface area contributed by atoms with Crippen LogP contribution in [0.4, 0.5) is 20.7 Å². The number of likely N-dealkylation sites (tertiary alicyclic amines) is 1. The fraction of sp³-hybridized carbons (Fsp3) is 0.308. The van der Waals surface area contributed by atoms with Crippen LogP contribution in [0.15, 0.2) is 48.7 Å². The van der Waals surface area contributed by atoms with Gasteiger partial charge in [0.15, 0.2) is 11.6 Å². The fourth-order valence-electron chi connectivity index (χ4n) is 4.13. The predicted molar refractivity (Wildman–Crippen MR) is 142 cm³/mol. The van der Waals surface area contributed by atoms with E-state index in [1.54, 1.807) is 31.3 Å². The lowest BCUT2D eigenvalue weighted by Crippen LogP contribution is -2.35. The number of nitrogens with one attached hydrogen (secondary N) is 2. The van der Waals surface area contributed by atoms with Gasteiger partial charge < -0.3 is 26.0 Å². The van der Waals surface area contributed by atoms with Crippen molar-refractivity contribution >= 4 is 40.7 Å². The van der Waals surface area contributed by atoms with Crippen LogP contribution in [0.1, 0.15) is 31.4 Å². The molecule has 1 atom stereocenters. The SMILES string of the molecule is CC(Oc1cc(-c2ccc(NC(=O)NCCN3CCCC3)cc2)cnc1N)c1c(Cl)ccc(F)c1Cl. The second kappa shape index (κ2) is 11.8. The first-order valence-corrected chi connectivity index (χ1v) is 12.5. The Bertz CT molecular complexity index is 1220. The van der Waals surface area contributed by atoms with Crippen molar-refractivity contribution in [1.82, 2.24) is 15.2 Å². The lowest BCUT2D eigenvalue weighted by Gasteiger charge is -2.19. The van der Waals surface area contributed by atoms with Gasteiger partial charge in [-0.1, -0.05) is 35.3 Å². The molecule has 1 aliphatic heterocycles. The van der Waals surface area contributed by atoms with E-state index < -0.39 is 11.9 Å². The molecule has 0 radical (unpaired) electrons. The Kier molecular flexibility index (Phi) is 8.51. The van der Waals surface area contributed by atoms with E-state index in [2.05, 4.69) is 20.5 Å². The van der Waals surface area contributed by atoms with Crippen molar-refractivity contribution in [1.29, 1.82) is 0 Å². The molecule has 190 valence electrons. The number of halogens is 3. The number of hydrogen-bond acceptors (Lipinski definition) is 5. The largest absolute Gasteiger partial charge is 0.482 e. The van der Waals surface area contributed by atoms with Crippen molar-refractivity contribution in [3.8, 4) is 16.9 Å². The topological polar surface area (TPSA) is 92.5 Å². The molecule has 1 saturated heterocycles. The third-order valence-electron chi connectivity index (χ3n) is 6.06. The van der Waals surface area contributed by atoms with Crippen LogP contribution in [-0.4, -0.2) is 42.1 Å². The summed E-state index contributed by atoms with van der Waals surface area (Å²) >= 11 is 12.3. The van der Waals surface area contributed by atoms with Crippen molar-refractivity contribution in [2.45, 2.75) is 25.9 Å². The van der Waals surface area contributed by atoms with Gasteiger partial charge in [-0.3, -0.25) is 0 Å². The summed E-state index contributed by atoms with van der Waals surface area (Å²) < 4.78 is 19.9. The van der Waals surface area contributed by atoms with Crippen LogP contribution in [0.2, 0.25) is 10.0 Å². The van der Waals surface area contributed by atoms with E-state index in [1.165, 1.54) is 25.0 Å². The first kappa shape index (κ1) is 26.0. The minimum atomic E-state index is -0.671. The molecule has 0 spiro atoms. The molecule has 1 aliphatic rings. The highest BCUT2D eigenvalue weighted by Crippen LogP contribution is 2.37. The van der Waals surface area contributed by atoms with Gasteiger partial charge in [-0.05, 0) is 68.8 Å². The summed E-state index contributed by atoms with van der Waals surface area (Å²) in [7, 11) is 0.